The van der Waals surface area contributed by atoms with E-state index in [9.17, 15) is 14.4 Å². The highest BCUT2D eigenvalue weighted by molar-refractivity contribution is 5.92. The van der Waals surface area contributed by atoms with Gasteiger partial charge in [-0.2, -0.15) is 0 Å². The maximum absolute atomic E-state index is 12.7. The van der Waals surface area contributed by atoms with Crippen molar-refractivity contribution in [3.8, 4) is 0 Å². The van der Waals surface area contributed by atoms with Crippen molar-refractivity contribution in [3.63, 3.8) is 0 Å². The van der Waals surface area contributed by atoms with Crippen LogP contribution in [0.25, 0.3) is 0 Å². The minimum Gasteiger partial charge on any atom is -0.344 e. The molecule has 124 valence electrons. The lowest BCUT2D eigenvalue weighted by Crippen LogP contribution is -2.60. The van der Waals surface area contributed by atoms with Crippen molar-refractivity contribution >= 4 is 11.8 Å². The Morgan fingerprint density at radius 2 is 1.91 bits per heavy atom. The molecule has 0 radical (unpaired) electrons. The molecular weight excluding hydrogens is 294 g/mol. The minimum atomic E-state index is -0.633. The fourth-order valence-corrected chi connectivity index (χ4v) is 3.89. The summed E-state index contributed by atoms with van der Waals surface area (Å²) in [5.41, 5.74) is -0.740. The van der Waals surface area contributed by atoms with Crippen LogP contribution >= 0.6 is 0 Å². The maximum Gasteiger partial charge on any atom is 0.250 e. The topological polar surface area (TPSA) is 62.6 Å². The molecule has 1 unspecified atom stereocenters. The van der Waals surface area contributed by atoms with Gasteiger partial charge >= 0.3 is 0 Å². The van der Waals surface area contributed by atoms with Gasteiger partial charge in [0.15, 0.2) is 0 Å². The minimum absolute atomic E-state index is 0.0260. The summed E-state index contributed by atoms with van der Waals surface area (Å²) in [6.45, 7) is 1.76. The number of amides is 2. The van der Waals surface area contributed by atoms with E-state index in [-0.39, 0.29) is 23.8 Å². The Labute approximate surface area is 135 Å². The summed E-state index contributed by atoms with van der Waals surface area (Å²) in [5, 5.41) is 0. The first-order valence-electron chi connectivity index (χ1n) is 8.26. The second-order valence-corrected chi connectivity index (χ2v) is 6.49. The lowest BCUT2D eigenvalue weighted by molar-refractivity contribution is -0.154. The van der Waals surface area contributed by atoms with Crippen LogP contribution in [-0.2, 0) is 16.1 Å². The number of hydrogen-bond donors (Lipinski definition) is 0. The van der Waals surface area contributed by atoms with Gasteiger partial charge in [-0.15, -0.1) is 0 Å². The molecule has 2 aliphatic rings. The maximum atomic E-state index is 12.7. The number of nitrogens with zero attached hydrogens (tertiary/aromatic N) is 3. The molecule has 3 rings (SSSR count). The molecule has 2 fully saturated rings. The number of aromatic nitrogens is 1. The zero-order chi connectivity index (χ0) is 16.4. The highest BCUT2D eigenvalue weighted by Crippen LogP contribution is 2.38. The van der Waals surface area contributed by atoms with Crippen LogP contribution in [0.5, 0.6) is 0 Å². The lowest BCUT2D eigenvalue weighted by atomic mass is 9.85. The highest BCUT2D eigenvalue weighted by atomic mass is 16.2. The van der Waals surface area contributed by atoms with E-state index in [1.165, 1.54) is 10.6 Å². The molecule has 6 heteroatoms. The number of aryl methyl sites for hydroxylation is 1. The molecule has 0 N–H and O–H groups in total. The van der Waals surface area contributed by atoms with Crippen LogP contribution in [0.3, 0.4) is 0 Å². The molecule has 2 aliphatic heterocycles. The molecule has 2 amide bonds. The van der Waals surface area contributed by atoms with Crippen LogP contribution in [-0.4, -0.2) is 51.9 Å². The summed E-state index contributed by atoms with van der Waals surface area (Å²) in [4.78, 5) is 40.6. The fourth-order valence-electron chi connectivity index (χ4n) is 3.89. The predicted octanol–water partition coefficient (Wildman–Crippen LogP) is 0.852. The van der Waals surface area contributed by atoms with Crippen LogP contribution < -0.4 is 5.56 Å². The van der Waals surface area contributed by atoms with Gasteiger partial charge < -0.3 is 14.4 Å². The Kier molecular flexibility index (Phi) is 4.24. The third-order valence-electron chi connectivity index (χ3n) is 5.08. The van der Waals surface area contributed by atoms with Gasteiger partial charge in [0.2, 0.25) is 11.8 Å². The molecule has 1 aromatic heterocycles. The number of pyridine rings is 1. The third kappa shape index (κ3) is 2.78. The zero-order valence-corrected chi connectivity index (χ0v) is 13.5. The van der Waals surface area contributed by atoms with E-state index < -0.39 is 5.54 Å². The molecule has 2 saturated heterocycles. The molecule has 0 aliphatic carbocycles. The smallest absolute Gasteiger partial charge is 0.250 e. The Balaban J connectivity index is 1.72. The van der Waals surface area contributed by atoms with Gasteiger partial charge in [0.25, 0.3) is 5.56 Å². The van der Waals surface area contributed by atoms with Crippen LogP contribution in [0.1, 0.15) is 32.1 Å². The van der Waals surface area contributed by atoms with Gasteiger partial charge in [-0.05, 0) is 31.7 Å². The molecule has 1 aromatic rings. The van der Waals surface area contributed by atoms with E-state index in [2.05, 4.69) is 0 Å². The Morgan fingerprint density at radius 1 is 1.17 bits per heavy atom. The Hall–Kier alpha value is -2.11. The first-order valence-corrected chi connectivity index (χ1v) is 8.26. The van der Waals surface area contributed by atoms with Crippen molar-refractivity contribution in [2.24, 2.45) is 0 Å². The van der Waals surface area contributed by atoms with Gasteiger partial charge in [0.05, 0.1) is 0 Å². The standard InChI is InChI=1S/C17H23N3O3/c1-18-10-4-8-17(16(18)23)9-5-12-20(17)15(22)7-13-19-11-3-2-6-14(19)21/h2-3,6,11H,4-5,7-10,12-13H2,1H3. The second-order valence-electron chi connectivity index (χ2n) is 6.49. The highest BCUT2D eigenvalue weighted by Gasteiger charge is 2.51. The van der Waals surface area contributed by atoms with E-state index >= 15 is 0 Å². The first-order chi connectivity index (χ1) is 11.0. The van der Waals surface area contributed by atoms with E-state index in [1.807, 2.05) is 7.05 Å². The van der Waals surface area contributed by atoms with Gasteiger partial charge in [-0.25, -0.2) is 0 Å². The van der Waals surface area contributed by atoms with Gasteiger partial charge in [-0.1, -0.05) is 6.07 Å². The van der Waals surface area contributed by atoms with Crippen molar-refractivity contribution in [2.45, 2.75) is 44.2 Å². The van der Waals surface area contributed by atoms with E-state index in [4.69, 9.17) is 0 Å². The van der Waals surface area contributed by atoms with Gasteiger partial charge in [-0.3, -0.25) is 14.4 Å². The van der Waals surface area contributed by atoms with E-state index in [0.29, 0.717) is 13.1 Å². The average Bonchev–Trinajstić information content (AvgIpc) is 2.96. The SMILES string of the molecule is CN1CCCC2(CCCN2C(=O)CCn2ccccc2=O)C1=O. The Morgan fingerprint density at radius 3 is 2.65 bits per heavy atom. The summed E-state index contributed by atoms with van der Waals surface area (Å²) < 4.78 is 1.54. The first kappa shape index (κ1) is 15.8. The van der Waals surface area contributed by atoms with E-state index in [1.54, 1.807) is 28.1 Å². The number of piperidine rings is 1. The lowest BCUT2D eigenvalue weighted by Gasteiger charge is -2.43. The van der Waals surface area contributed by atoms with Crippen molar-refractivity contribution in [1.29, 1.82) is 0 Å². The number of rotatable bonds is 3. The normalized spacial score (nSPS) is 24.5. The van der Waals surface area contributed by atoms with E-state index in [0.717, 1.165) is 32.2 Å². The molecule has 0 bridgehead atoms. The number of carbonyl (C=O) groups excluding carboxylic acids is 2. The number of carbonyl (C=O) groups is 2. The second kappa shape index (κ2) is 6.18. The monoisotopic (exact) mass is 317 g/mol. The quantitative estimate of drug-likeness (QED) is 0.830. The Bertz CT molecular complexity index is 669. The summed E-state index contributed by atoms with van der Waals surface area (Å²) >= 11 is 0. The summed E-state index contributed by atoms with van der Waals surface area (Å²) in [6, 6.07) is 4.96. The van der Waals surface area contributed by atoms with Crippen molar-refractivity contribution in [2.75, 3.05) is 20.1 Å². The number of likely N-dealkylation sites (N-methyl/N-ethyl adjacent to an activating group) is 1. The van der Waals surface area contributed by atoms with Crippen LogP contribution in [0.4, 0.5) is 0 Å². The van der Waals surface area contributed by atoms with Crippen molar-refractivity contribution in [3.05, 3.63) is 34.7 Å². The summed E-state index contributed by atoms with van der Waals surface area (Å²) in [5.74, 6) is 0.0494. The molecule has 0 saturated carbocycles. The van der Waals surface area contributed by atoms with Crippen molar-refractivity contribution in [1.82, 2.24) is 14.4 Å². The van der Waals surface area contributed by atoms with Gasteiger partial charge in [0.1, 0.15) is 5.54 Å². The zero-order valence-electron chi connectivity index (χ0n) is 13.5. The molecule has 0 aromatic carbocycles. The average molecular weight is 317 g/mol. The number of likely N-dealkylation sites (tertiary alicyclic amines) is 2. The summed E-state index contributed by atoms with van der Waals surface area (Å²) in [7, 11) is 1.81. The van der Waals surface area contributed by atoms with Gasteiger partial charge in [0, 0.05) is 45.4 Å². The van der Waals surface area contributed by atoms with Crippen LogP contribution in [0.15, 0.2) is 29.2 Å². The molecule has 1 spiro atoms. The largest absolute Gasteiger partial charge is 0.344 e. The molecule has 1 atom stereocenters. The van der Waals surface area contributed by atoms with Crippen LogP contribution in [0.2, 0.25) is 0 Å². The fraction of sp³-hybridized carbons (Fsp3) is 0.588. The van der Waals surface area contributed by atoms with Crippen molar-refractivity contribution < 1.29 is 9.59 Å². The molecular formula is C17H23N3O3. The molecule has 23 heavy (non-hydrogen) atoms. The van der Waals surface area contributed by atoms with Crippen LogP contribution in [0, 0.1) is 0 Å². The molecule has 6 nitrogen and oxygen atoms in total. The third-order valence-corrected chi connectivity index (χ3v) is 5.08. The molecule has 3 heterocycles. The summed E-state index contributed by atoms with van der Waals surface area (Å²) in [6.07, 6.45) is 5.26. The number of hydrogen-bond acceptors (Lipinski definition) is 3. The predicted molar refractivity (Wildman–Crippen MR) is 85.9 cm³/mol.